The lowest BCUT2D eigenvalue weighted by molar-refractivity contribution is -0.117. The van der Waals surface area contributed by atoms with Crippen LogP contribution in [0.25, 0.3) is 10.9 Å². The van der Waals surface area contributed by atoms with Gasteiger partial charge in [0.1, 0.15) is 0 Å². The van der Waals surface area contributed by atoms with Crippen molar-refractivity contribution in [1.29, 1.82) is 0 Å². The van der Waals surface area contributed by atoms with Crippen LogP contribution in [-0.2, 0) is 11.8 Å². The summed E-state index contributed by atoms with van der Waals surface area (Å²) in [6, 6.07) is 5.98. The van der Waals surface area contributed by atoms with Crippen molar-refractivity contribution in [3.05, 3.63) is 24.4 Å². The van der Waals surface area contributed by atoms with Gasteiger partial charge in [0, 0.05) is 25.4 Å². The summed E-state index contributed by atoms with van der Waals surface area (Å²) < 4.78 is 1.83. The first kappa shape index (κ1) is 11.6. The van der Waals surface area contributed by atoms with Gasteiger partial charge in [-0.3, -0.25) is 9.48 Å². The Morgan fingerprint density at radius 1 is 1.50 bits per heavy atom. The molecule has 1 fully saturated rings. The molecule has 1 aromatic carbocycles. The number of aromatic nitrogens is 2. The molecule has 1 aliphatic rings. The Labute approximate surface area is 111 Å². The molecular formula is C13H15N3OS. The first-order valence-electron chi connectivity index (χ1n) is 6.02. The number of carbonyl (C=O) groups excluding carboxylic acids is 1. The lowest BCUT2D eigenvalue weighted by Crippen LogP contribution is -2.25. The van der Waals surface area contributed by atoms with Crippen LogP contribution in [0, 0.1) is 5.92 Å². The largest absolute Gasteiger partial charge is 0.310 e. The fraction of sp³-hybridized carbons (Fsp3) is 0.385. The molecular weight excluding hydrogens is 246 g/mol. The monoisotopic (exact) mass is 261 g/mol. The minimum Gasteiger partial charge on any atom is -0.310 e. The van der Waals surface area contributed by atoms with Gasteiger partial charge >= 0.3 is 0 Å². The molecule has 2 aromatic rings. The maximum absolute atomic E-state index is 12.1. The molecule has 0 spiro atoms. The quantitative estimate of drug-likeness (QED) is 0.838. The minimum absolute atomic E-state index is 0.183. The molecule has 1 saturated heterocycles. The van der Waals surface area contributed by atoms with E-state index >= 15 is 0 Å². The number of thiol groups is 1. The lowest BCUT2D eigenvalue weighted by atomic mass is 10.1. The predicted octanol–water partition coefficient (Wildman–Crippen LogP) is 1.86. The summed E-state index contributed by atoms with van der Waals surface area (Å²) in [5, 5.41) is 5.32. The number of benzene rings is 1. The second kappa shape index (κ2) is 4.31. The number of carbonyl (C=O) groups is 1. The number of hydrogen-bond acceptors (Lipinski definition) is 3. The van der Waals surface area contributed by atoms with Gasteiger partial charge in [0.05, 0.1) is 17.4 Å². The van der Waals surface area contributed by atoms with Crippen molar-refractivity contribution >= 4 is 35.1 Å². The summed E-state index contributed by atoms with van der Waals surface area (Å²) >= 11 is 4.29. The van der Waals surface area contributed by atoms with E-state index in [0.29, 0.717) is 12.3 Å². The Kier molecular flexibility index (Phi) is 2.78. The van der Waals surface area contributed by atoms with Crippen LogP contribution in [-0.4, -0.2) is 28.0 Å². The van der Waals surface area contributed by atoms with E-state index < -0.39 is 0 Å². The van der Waals surface area contributed by atoms with Gasteiger partial charge in [0.2, 0.25) is 5.91 Å². The van der Waals surface area contributed by atoms with Crippen LogP contribution < -0.4 is 4.90 Å². The van der Waals surface area contributed by atoms with Crippen LogP contribution in [0.3, 0.4) is 0 Å². The van der Waals surface area contributed by atoms with Gasteiger partial charge in [-0.05, 0) is 17.7 Å². The first-order valence-corrected chi connectivity index (χ1v) is 6.66. The van der Waals surface area contributed by atoms with E-state index in [9.17, 15) is 4.79 Å². The number of fused-ring (bicyclic) bond motifs is 1. The Morgan fingerprint density at radius 3 is 3.06 bits per heavy atom. The highest BCUT2D eigenvalue weighted by atomic mass is 32.1. The molecule has 0 N–H and O–H groups in total. The Bertz CT molecular complexity index is 607. The maximum atomic E-state index is 12.1. The number of hydrogen-bond donors (Lipinski definition) is 1. The topological polar surface area (TPSA) is 38.1 Å². The smallest absolute Gasteiger partial charge is 0.227 e. The van der Waals surface area contributed by atoms with Gasteiger partial charge in [-0.25, -0.2) is 0 Å². The SMILES string of the molecule is Cn1ncc2cccc(N3CC(CS)CC3=O)c21. The van der Waals surface area contributed by atoms with E-state index in [1.54, 1.807) is 0 Å². The average Bonchev–Trinajstić information content (AvgIpc) is 2.93. The van der Waals surface area contributed by atoms with Crippen LogP contribution in [0.1, 0.15) is 6.42 Å². The van der Waals surface area contributed by atoms with Crippen molar-refractivity contribution in [2.45, 2.75) is 6.42 Å². The summed E-state index contributed by atoms with van der Waals surface area (Å²) in [6.45, 7) is 0.757. The van der Waals surface area contributed by atoms with Gasteiger partial charge in [-0.2, -0.15) is 17.7 Å². The Morgan fingerprint density at radius 2 is 2.33 bits per heavy atom. The molecule has 94 valence electrons. The number of rotatable bonds is 2. The summed E-state index contributed by atoms with van der Waals surface area (Å²) in [7, 11) is 1.91. The standard InChI is InChI=1S/C13H15N3OS/c1-15-13-10(6-14-15)3-2-4-11(13)16-7-9(8-18)5-12(16)17/h2-4,6,9,18H,5,7-8H2,1H3. The van der Waals surface area contributed by atoms with Gasteiger partial charge in [0.25, 0.3) is 0 Å². The predicted molar refractivity (Wildman–Crippen MR) is 75.0 cm³/mol. The molecule has 3 rings (SSSR count). The Balaban J connectivity index is 2.09. The summed E-state index contributed by atoms with van der Waals surface area (Å²) in [5.41, 5.74) is 1.98. The van der Waals surface area contributed by atoms with E-state index in [4.69, 9.17) is 0 Å². The molecule has 2 heterocycles. The van der Waals surface area contributed by atoms with Crippen LogP contribution in [0.15, 0.2) is 24.4 Å². The van der Waals surface area contributed by atoms with Crippen molar-refractivity contribution in [3.8, 4) is 0 Å². The molecule has 0 saturated carbocycles. The van der Waals surface area contributed by atoms with Crippen LogP contribution >= 0.6 is 12.6 Å². The van der Waals surface area contributed by atoms with Gasteiger partial charge in [-0.1, -0.05) is 12.1 Å². The van der Waals surface area contributed by atoms with Crippen molar-refractivity contribution in [1.82, 2.24) is 9.78 Å². The molecule has 1 atom stereocenters. The van der Waals surface area contributed by atoms with E-state index in [1.807, 2.05) is 41.0 Å². The molecule has 0 bridgehead atoms. The van der Waals surface area contributed by atoms with Gasteiger partial charge < -0.3 is 4.90 Å². The van der Waals surface area contributed by atoms with Crippen molar-refractivity contribution in [2.24, 2.45) is 13.0 Å². The summed E-state index contributed by atoms with van der Waals surface area (Å²) in [5.74, 6) is 1.29. The third kappa shape index (κ3) is 1.70. The Hall–Kier alpha value is -1.49. The van der Waals surface area contributed by atoms with Crippen molar-refractivity contribution in [2.75, 3.05) is 17.2 Å². The zero-order valence-electron chi connectivity index (χ0n) is 10.2. The fourth-order valence-corrected chi connectivity index (χ4v) is 2.81. The minimum atomic E-state index is 0.183. The second-order valence-corrected chi connectivity index (χ2v) is 5.11. The van der Waals surface area contributed by atoms with Crippen LogP contribution in [0.4, 0.5) is 5.69 Å². The average molecular weight is 261 g/mol. The zero-order valence-corrected chi connectivity index (χ0v) is 11.1. The first-order chi connectivity index (χ1) is 8.70. The third-order valence-electron chi connectivity index (χ3n) is 3.49. The van der Waals surface area contributed by atoms with Crippen molar-refractivity contribution in [3.63, 3.8) is 0 Å². The molecule has 18 heavy (non-hydrogen) atoms. The highest BCUT2D eigenvalue weighted by Gasteiger charge is 2.31. The number of para-hydroxylation sites is 1. The maximum Gasteiger partial charge on any atom is 0.227 e. The normalized spacial score (nSPS) is 20.0. The highest BCUT2D eigenvalue weighted by Crippen LogP contribution is 2.31. The molecule has 0 aliphatic carbocycles. The van der Waals surface area contributed by atoms with E-state index in [1.165, 1.54) is 0 Å². The number of anilines is 1. The summed E-state index contributed by atoms with van der Waals surface area (Å²) in [4.78, 5) is 13.9. The summed E-state index contributed by atoms with van der Waals surface area (Å²) in [6.07, 6.45) is 2.42. The molecule has 0 radical (unpaired) electrons. The molecule has 1 unspecified atom stereocenters. The second-order valence-electron chi connectivity index (χ2n) is 4.74. The molecule has 1 aromatic heterocycles. The van der Waals surface area contributed by atoms with E-state index in [2.05, 4.69) is 17.7 Å². The lowest BCUT2D eigenvalue weighted by Gasteiger charge is -2.18. The molecule has 4 nitrogen and oxygen atoms in total. The third-order valence-corrected chi connectivity index (χ3v) is 4.01. The van der Waals surface area contributed by atoms with Crippen LogP contribution in [0.5, 0.6) is 0 Å². The number of amides is 1. The van der Waals surface area contributed by atoms with Gasteiger partial charge in [0.15, 0.2) is 0 Å². The number of nitrogens with zero attached hydrogens (tertiary/aromatic N) is 3. The molecule has 1 aliphatic heterocycles. The van der Waals surface area contributed by atoms with Crippen LogP contribution in [0.2, 0.25) is 0 Å². The highest BCUT2D eigenvalue weighted by molar-refractivity contribution is 7.80. The number of aryl methyl sites for hydroxylation is 1. The van der Waals surface area contributed by atoms with E-state index in [-0.39, 0.29) is 5.91 Å². The molecule has 1 amide bonds. The fourth-order valence-electron chi connectivity index (χ4n) is 2.57. The van der Waals surface area contributed by atoms with E-state index in [0.717, 1.165) is 28.9 Å². The zero-order chi connectivity index (χ0) is 12.7. The van der Waals surface area contributed by atoms with Crippen molar-refractivity contribution < 1.29 is 4.79 Å². The molecule has 5 heteroatoms. The van der Waals surface area contributed by atoms with Gasteiger partial charge in [-0.15, -0.1) is 0 Å².